The van der Waals surface area contributed by atoms with E-state index in [0.717, 1.165) is 0 Å². The average Bonchev–Trinajstić information content (AvgIpc) is 2.38. The Morgan fingerprint density at radius 2 is 2.53 bits per heavy atom. The van der Waals surface area contributed by atoms with Gasteiger partial charge >= 0.3 is 5.97 Å². The van der Waals surface area contributed by atoms with E-state index in [0.29, 0.717) is 13.2 Å². The van der Waals surface area contributed by atoms with Crippen molar-refractivity contribution in [1.29, 1.82) is 0 Å². The molecular weight excluding hydrogens is 227 g/mol. The second-order valence-electron chi connectivity index (χ2n) is 3.64. The Morgan fingerprint density at radius 1 is 1.71 bits per heavy atom. The van der Waals surface area contributed by atoms with Crippen molar-refractivity contribution in [2.24, 2.45) is 0 Å². The predicted molar refractivity (Wildman–Crippen MR) is 58.2 cm³/mol. The fourth-order valence-corrected chi connectivity index (χ4v) is 1.73. The summed E-state index contributed by atoms with van der Waals surface area (Å²) in [4.78, 5) is 17.0. The molecule has 1 aliphatic heterocycles. The van der Waals surface area contributed by atoms with Crippen LogP contribution in [-0.4, -0.2) is 43.9 Å². The summed E-state index contributed by atoms with van der Waals surface area (Å²) in [5.41, 5.74) is 0. The van der Waals surface area contributed by atoms with Crippen molar-refractivity contribution in [3.8, 4) is 0 Å². The number of halogens is 1. The lowest BCUT2D eigenvalue weighted by Gasteiger charge is -2.32. The van der Waals surface area contributed by atoms with Gasteiger partial charge in [-0.3, -0.25) is 0 Å². The number of carbonyl (C=O) groups excluding carboxylic acids is 1. The minimum Gasteiger partial charge on any atom is -0.467 e. The third-order valence-corrected chi connectivity index (χ3v) is 2.57. The van der Waals surface area contributed by atoms with Gasteiger partial charge in [-0.2, -0.15) is 0 Å². The van der Waals surface area contributed by atoms with Crippen molar-refractivity contribution in [3.05, 3.63) is 24.1 Å². The van der Waals surface area contributed by atoms with Crippen LogP contribution in [0.1, 0.15) is 0 Å². The maximum absolute atomic E-state index is 13.5. The SMILES string of the molecule is COC(=O)C1CN(c2ncccc2F)CCO1. The van der Waals surface area contributed by atoms with E-state index in [-0.39, 0.29) is 12.4 Å². The van der Waals surface area contributed by atoms with Crippen LogP contribution < -0.4 is 4.90 Å². The molecule has 0 bridgehead atoms. The summed E-state index contributed by atoms with van der Waals surface area (Å²) < 4.78 is 23.4. The molecule has 1 aromatic rings. The predicted octanol–water partition coefficient (Wildman–Crippen LogP) is 0.599. The fourth-order valence-electron chi connectivity index (χ4n) is 1.73. The molecule has 0 aromatic carbocycles. The molecule has 1 atom stereocenters. The third kappa shape index (κ3) is 2.52. The summed E-state index contributed by atoms with van der Waals surface area (Å²) in [6.45, 7) is 1.10. The van der Waals surface area contributed by atoms with Gasteiger partial charge in [-0.1, -0.05) is 0 Å². The molecule has 2 heterocycles. The number of hydrogen-bond acceptors (Lipinski definition) is 5. The van der Waals surface area contributed by atoms with Crippen LogP contribution in [0.4, 0.5) is 10.2 Å². The van der Waals surface area contributed by atoms with Gasteiger partial charge in [-0.05, 0) is 12.1 Å². The van der Waals surface area contributed by atoms with Crippen molar-refractivity contribution >= 4 is 11.8 Å². The summed E-state index contributed by atoms with van der Waals surface area (Å²) in [6, 6.07) is 2.86. The Bertz CT molecular complexity index is 413. The van der Waals surface area contributed by atoms with Crippen LogP contribution in [0.3, 0.4) is 0 Å². The quantitative estimate of drug-likeness (QED) is 0.708. The van der Waals surface area contributed by atoms with Gasteiger partial charge in [-0.15, -0.1) is 0 Å². The van der Waals surface area contributed by atoms with Crippen LogP contribution in [0.15, 0.2) is 18.3 Å². The maximum atomic E-state index is 13.5. The number of morpholine rings is 1. The molecule has 1 aliphatic rings. The number of nitrogens with zero attached hydrogens (tertiary/aromatic N) is 2. The Labute approximate surface area is 98.1 Å². The Morgan fingerprint density at radius 3 is 3.24 bits per heavy atom. The van der Waals surface area contributed by atoms with E-state index < -0.39 is 17.9 Å². The summed E-state index contributed by atoms with van der Waals surface area (Å²) in [5, 5.41) is 0. The second-order valence-corrected chi connectivity index (χ2v) is 3.64. The molecule has 92 valence electrons. The monoisotopic (exact) mass is 240 g/mol. The topological polar surface area (TPSA) is 51.7 Å². The number of anilines is 1. The first-order chi connectivity index (χ1) is 8.22. The fraction of sp³-hybridized carbons (Fsp3) is 0.455. The number of pyridine rings is 1. The van der Waals surface area contributed by atoms with E-state index >= 15 is 0 Å². The standard InChI is InChI=1S/C11H13FN2O3/c1-16-11(15)9-7-14(5-6-17-9)10-8(12)3-2-4-13-10/h2-4,9H,5-7H2,1H3. The first kappa shape index (κ1) is 11.8. The smallest absolute Gasteiger partial charge is 0.336 e. The minimum absolute atomic E-state index is 0.240. The minimum atomic E-state index is -0.685. The summed E-state index contributed by atoms with van der Waals surface area (Å²) >= 11 is 0. The Hall–Kier alpha value is -1.69. The Kier molecular flexibility index (Phi) is 3.53. The number of carbonyl (C=O) groups is 1. The molecule has 5 nitrogen and oxygen atoms in total. The number of ether oxygens (including phenoxy) is 2. The number of aromatic nitrogens is 1. The molecule has 0 aliphatic carbocycles. The first-order valence-electron chi connectivity index (χ1n) is 5.27. The van der Waals surface area contributed by atoms with Crippen LogP contribution >= 0.6 is 0 Å². The van der Waals surface area contributed by atoms with E-state index in [1.54, 1.807) is 4.90 Å². The molecule has 1 aromatic heterocycles. The highest BCUT2D eigenvalue weighted by Crippen LogP contribution is 2.18. The molecule has 0 N–H and O–H groups in total. The van der Waals surface area contributed by atoms with E-state index in [4.69, 9.17) is 4.74 Å². The highest BCUT2D eigenvalue weighted by Gasteiger charge is 2.29. The van der Waals surface area contributed by atoms with Crippen molar-refractivity contribution in [2.75, 3.05) is 31.7 Å². The van der Waals surface area contributed by atoms with Crippen molar-refractivity contribution in [1.82, 2.24) is 4.98 Å². The Balaban J connectivity index is 2.12. The van der Waals surface area contributed by atoms with Gasteiger partial charge in [0.1, 0.15) is 0 Å². The molecule has 17 heavy (non-hydrogen) atoms. The first-order valence-corrected chi connectivity index (χ1v) is 5.27. The van der Waals surface area contributed by atoms with Crippen LogP contribution in [-0.2, 0) is 14.3 Å². The van der Waals surface area contributed by atoms with Crippen LogP contribution in [0.5, 0.6) is 0 Å². The van der Waals surface area contributed by atoms with Gasteiger partial charge in [-0.25, -0.2) is 14.2 Å². The van der Waals surface area contributed by atoms with Gasteiger partial charge < -0.3 is 14.4 Å². The number of rotatable bonds is 2. The molecule has 0 saturated carbocycles. The molecular formula is C11H13FN2O3. The van der Waals surface area contributed by atoms with Gasteiger partial charge in [0, 0.05) is 12.7 Å². The zero-order chi connectivity index (χ0) is 12.3. The second kappa shape index (κ2) is 5.09. The average molecular weight is 240 g/mol. The molecule has 1 unspecified atom stereocenters. The van der Waals surface area contributed by atoms with Crippen LogP contribution in [0, 0.1) is 5.82 Å². The third-order valence-electron chi connectivity index (χ3n) is 2.57. The number of esters is 1. The van der Waals surface area contributed by atoms with Gasteiger partial charge in [0.2, 0.25) is 0 Å². The molecule has 2 rings (SSSR count). The van der Waals surface area contributed by atoms with Crippen molar-refractivity contribution in [3.63, 3.8) is 0 Å². The molecule has 1 saturated heterocycles. The zero-order valence-electron chi connectivity index (χ0n) is 9.43. The number of methoxy groups -OCH3 is 1. The van der Waals surface area contributed by atoms with Crippen molar-refractivity contribution < 1.29 is 18.7 Å². The largest absolute Gasteiger partial charge is 0.467 e. The van der Waals surface area contributed by atoms with Gasteiger partial charge in [0.05, 0.1) is 20.3 Å². The molecule has 0 radical (unpaired) electrons. The summed E-state index contributed by atoms with van der Waals surface area (Å²) in [6.07, 6.45) is 0.830. The van der Waals surface area contributed by atoms with Crippen molar-refractivity contribution in [2.45, 2.75) is 6.10 Å². The van der Waals surface area contributed by atoms with E-state index in [1.807, 2.05) is 0 Å². The van der Waals surface area contributed by atoms with Gasteiger partial charge in [0.25, 0.3) is 0 Å². The van der Waals surface area contributed by atoms with Crippen LogP contribution in [0.25, 0.3) is 0 Å². The lowest BCUT2D eigenvalue weighted by Crippen LogP contribution is -2.47. The summed E-state index contributed by atoms with van der Waals surface area (Å²) in [5.74, 6) is -0.617. The molecule has 0 amide bonds. The summed E-state index contributed by atoms with van der Waals surface area (Å²) in [7, 11) is 1.30. The maximum Gasteiger partial charge on any atom is 0.336 e. The van der Waals surface area contributed by atoms with Gasteiger partial charge in [0.15, 0.2) is 17.7 Å². The van der Waals surface area contributed by atoms with E-state index in [2.05, 4.69) is 9.72 Å². The van der Waals surface area contributed by atoms with E-state index in [9.17, 15) is 9.18 Å². The molecule has 1 fully saturated rings. The highest BCUT2D eigenvalue weighted by atomic mass is 19.1. The lowest BCUT2D eigenvalue weighted by molar-refractivity contribution is -0.154. The molecule has 0 spiro atoms. The normalized spacial score (nSPS) is 20.1. The lowest BCUT2D eigenvalue weighted by atomic mass is 10.2. The highest BCUT2D eigenvalue weighted by molar-refractivity contribution is 5.75. The molecule has 6 heteroatoms. The van der Waals surface area contributed by atoms with E-state index in [1.165, 1.54) is 25.4 Å². The zero-order valence-corrected chi connectivity index (χ0v) is 9.43. The van der Waals surface area contributed by atoms with Crippen LogP contribution in [0.2, 0.25) is 0 Å². The number of hydrogen-bond donors (Lipinski definition) is 0.